The summed E-state index contributed by atoms with van der Waals surface area (Å²) in [6.45, 7) is 2.12. The lowest BCUT2D eigenvalue weighted by Gasteiger charge is -2.12. The van der Waals surface area contributed by atoms with E-state index in [4.69, 9.17) is 4.74 Å². The van der Waals surface area contributed by atoms with E-state index in [1.165, 1.54) is 18.5 Å². The van der Waals surface area contributed by atoms with E-state index in [1.807, 2.05) is 0 Å². The summed E-state index contributed by atoms with van der Waals surface area (Å²) >= 11 is 0. The molecule has 7 nitrogen and oxygen atoms in total. The number of aromatic nitrogens is 1. The first-order valence-corrected chi connectivity index (χ1v) is 9.48. The Kier molecular flexibility index (Phi) is 4.89. The number of carbonyl (C=O) groups excluding carboxylic acids is 1. The van der Waals surface area contributed by atoms with Crippen LogP contribution in [0.15, 0.2) is 47.6 Å². The fraction of sp³-hybridized carbons (Fsp3) is 0.294. The topological polar surface area (TPSA) is 97.4 Å². The lowest BCUT2D eigenvalue weighted by molar-refractivity contribution is 0.0951. The zero-order chi connectivity index (χ0) is 17.9. The van der Waals surface area contributed by atoms with Gasteiger partial charge in [-0.1, -0.05) is 0 Å². The molecule has 0 atom stereocenters. The van der Waals surface area contributed by atoms with Gasteiger partial charge in [-0.3, -0.25) is 14.5 Å². The minimum atomic E-state index is -3.85. The van der Waals surface area contributed by atoms with Crippen molar-refractivity contribution >= 4 is 21.6 Å². The van der Waals surface area contributed by atoms with Crippen molar-refractivity contribution in [1.82, 2.24) is 10.3 Å². The number of rotatable bonds is 7. The van der Waals surface area contributed by atoms with Crippen LogP contribution < -0.4 is 14.8 Å². The average Bonchev–Trinajstić information content (AvgIpc) is 3.40. The van der Waals surface area contributed by atoms with Crippen LogP contribution in [0.5, 0.6) is 5.75 Å². The quantitative estimate of drug-likeness (QED) is 0.788. The third kappa shape index (κ3) is 4.27. The van der Waals surface area contributed by atoms with Gasteiger partial charge in [0, 0.05) is 23.5 Å². The van der Waals surface area contributed by atoms with Crippen molar-refractivity contribution in [3.8, 4) is 5.75 Å². The predicted molar refractivity (Wildman–Crippen MR) is 93.1 cm³/mol. The maximum atomic E-state index is 12.6. The van der Waals surface area contributed by atoms with Crippen LogP contribution in [0.4, 0.5) is 5.69 Å². The van der Waals surface area contributed by atoms with Crippen molar-refractivity contribution in [2.75, 3.05) is 11.3 Å². The number of nitrogens with zero attached hydrogens (tertiary/aromatic N) is 1. The number of ether oxygens (including phenoxy) is 1. The fourth-order valence-electron chi connectivity index (χ4n) is 2.24. The Labute approximate surface area is 146 Å². The molecule has 8 heteroatoms. The molecule has 0 bridgehead atoms. The van der Waals surface area contributed by atoms with Crippen LogP contribution in [-0.4, -0.2) is 32.0 Å². The van der Waals surface area contributed by atoms with Gasteiger partial charge >= 0.3 is 0 Å². The highest BCUT2D eigenvalue weighted by molar-refractivity contribution is 7.92. The molecular weight excluding hydrogens is 342 g/mol. The first kappa shape index (κ1) is 17.2. The summed E-state index contributed by atoms with van der Waals surface area (Å²) in [7, 11) is -3.85. The molecule has 2 N–H and O–H groups in total. The van der Waals surface area contributed by atoms with E-state index in [1.54, 1.807) is 31.2 Å². The Morgan fingerprint density at radius 2 is 1.96 bits per heavy atom. The second-order valence-electron chi connectivity index (χ2n) is 5.69. The van der Waals surface area contributed by atoms with Gasteiger partial charge in [0.05, 0.1) is 12.8 Å². The minimum Gasteiger partial charge on any atom is -0.492 e. The van der Waals surface area contributed by atoms with Gasteiger partial charge in [-0.05, 0) is 50.1 Å². The van der Waals surface area contributed by atoms with E-state index in [0.717, 1.165) is 12.8 Å². The maximum Gasteiger partial charge on any atom is 0.267 e. The molecule has 2 aromatic rings. The molecule has 0 unspecified atom stereocenters. The number of anilines is 1. The molecule has 132 valence electrons. The van der Waals surface area contributed by atoms with Crippen LogP contribution in [0.3, 0.4) is 0 Å². The van der Waals surface area contributed by atoms with Crippen molar-refractivity contribution in [3.63, 3.8) is 0 Å². The van der Waals surface area contributed by atoms with Crippen molar-refractivity contribution in [3.05, 3.63) is 48.3 Å². The Morgan fingerprint density at radius 3 is 2.60 bits per heavy atom. The first-order chi connectivity index (χ1) is 12.0. The lowest BCUT2D eigenvalue weighted by atomic mass is 10.2. The highest BCUT2D eigenvalue weighted by Gasteiger charge is 2.24. The third-order valence-electron chi connectivity index (χ3n) is 3.65. The standard InChI is InChI=1S/C17H19N3O4S/c1-2-24-15-9-10-18-11-16(15)25(22,23)20-14-5-3-12(4-6-14)17(21)19-13-7-8-13/h3-6,9-11,13,20H,2,7-8H2,1H3,(H,19,21). The van der Waals surface area contributed by atoms with Gasteiger partial charge in [-0.15, -0.1) is 0 Å². The molecule has 1 heterocycles. The number of hydrogen-bond donors (Lipinski definition) is 2. The molecule has 0 spiro atoms. The van der Waals surface area contributed by atoms with Gasteiger partial charge in [-0.2, -0.15) is 0 Å². The van der Waals surface area contributed by atoms with Gasteiger partial charge in [0.1, 0.15) is 10.6 Å². The molecule has 1 saturated carbocycles. The van der Waals surface area contributed by atoms with Gasteiger partial charge < -0.3 is 10.1 Å². The molecule has 0 saturated heterocycles. The Morgan fingerprint density at radius 1 is 1.24 bits per heavy atom. The monoisotopic (exact) mass is 361 g/mol. The molecule has 0 radical (unpaired) electrons. The van der Waals surface area contributed by atoms with Crippen LogP contribution in [0.1, 0.15) is 30.1 Å². The summed E-state index contributed by atoms with van der Waals surface area (Å²) in [6.07, 6.45) is 4.73. The van der Waals surface area contributed by atoms with E-state index >= 15 is 0 Å². The van der Waals surface area contributed by atoms with E-state index in [0.29, 0.717) is 17.9 Å². The van der Waals surface area contributed by atoms with Crippen LogP contribution in [0, 0.1) is 0 Å². The van der Waals surface area contributed by atoms with Crippen molar-refractivity contribution in [1.29, 1.82) is 0 Å². The number of sulfonamides is 1. The smallest absolute Gasteiger partial charge is 0.267 e. The molecule has 1 amide bonds. The maximum absolute atomic E-state index is 12.6. The third-order valence-corrected chi connectivity index (χ3v) is 5.04. The highest BCUT2D eigenvalue weighted by atomic mass is 32.2. The first-order valence-electron chi connectivity index (χ1n) is 8.00. The molecule has 1 aliphatic rings. The summed E-state index contributed by atoms with van der Waals surface area (Å²) < 4.78 is 32.9. The zero-order valence-electron chi connectivity index (χ0n) is 13.7. The Hall–Kier alpha value is -2.61. The number of pyridine rings is 1. The van der Waals surface area contributed by atoms with E-state index in [2.05, 4.69) is 15.0 Å². The number of carbonyl (C=O) groups is 1. The van der Waals surface area contributed by atoms with E-state index in [-0.39, 0.29) is 22.6 Å². The number of amides is 1. The van der Waals surface area contributed by atoms with Crippen LogP contribution in [0.2, 0.25) is 0 Å². The van der Waals surface area contributed by atoms with E-state index in [9.17, 15) is 13.2 Å². The molecule has 25 heavy (non-hydrogen) atoms. The SMILES string of the molecule is CCOc1ccncc1S(=O)(=O)Nc1ccc(C(=O)NC2CC2)cc1. The average molecular weight is 361 g/mol. The van der Waals surface area contributed by atoms with Gasteiger partial charge in [0.25, 0.3) is 15.9 Å². The molecular formula is C17H19N3O4S. The normalized spacial score (nSPS) is 14.0. The number of benzene rings is 1. The molecule has 1 aromatic heterocycles. The molecule has 1 aromatic carbocycles. The number of hydrogen-bond acceptors (Lipinski definition) is 5. The second kappa shape index (κ2) is 7.10. The summed E-state index contributed by atoms with van der Waals surface area (Å²) in [5.74, 6) is 0.0910. The fourth-order valence-corrected chi connectivity index (χ4v) is 3.39. The van der Waals surface area contributed by atoms with Gasteiger partial charge in [-0.25, -0.2) is 8.42 Å². The number of nitrogens with one attached hydrogen (secondary N) is 2. The summed E-state index contributed by atoms with van der Waals surface area (Å²) in [6, 6.07) is 8.05. The predicted octanol–water partition coefficient (Wildman–Crippen LogP) is 2.17. The Bertz CT molecular complexity index is 862. The van der Waals surface area contributed by atoms with E-state index < -0.39 is 10.0 Å². The van der Waals surface area contributed by atoms with Crippen molar-refractivity contribution in [2.45, 2.75) is 30.7 Å². The molecule has 1 aliphatic carbocycles. The van der Waals surface area contributed by atoms with Crippen LogP contribution in [0.25, 0.3) is 0 Å². The molecule has 1 fully saturated rings. The highest BCUT2D eigenvalue weighted by Crippen LogP contribution is 2.25. The summed E-state index contributed by atoms with van der Waals surface area (Å²) in [5, 5.41) is 2.88. The van der Waals surface area contributed by atoms with Crippen molar-refractivity contribution < 1.29 is 17.9 Å². The van der Waals surface area contributed by atoms with Gasteiger partial charge in [0.15, 0.2) is 0 Å². The minimum absolute atomic E-state index is 0.0348. The summed E-state index contributed by atoms with van der Waals surface area (Å²) in [5.41, 5.74) is 0.848. The van der Waals surface area contributed by atoms with Crippen molar-refractivity contribution in [2.24, 2.45) is 0 Å². The van der Waals surface area contributed by atoms with Crippen LogP contribution >= 0.6 is 0 Å². The molecule has 0 aliphatic heterocycles. The second-order valence-corrected chi connectivity index (χ2v) is 7.34. The largest absolute Gasteiger partial charge is 0.492 e. The van der Waals surface area contributed by atoms with Gasteiger partial charge in [0.2, 0.25) is 0 Å². The van der Waals surface area contributed by atoms with Crippen LogP contribution in [-0.2, 0) is 10.0 Å². The lowest BCUT2D eigenvalue weighted by Crippen LogP contribution is -2.25. The summed E-state index contributed by atoms with van der Waals surface area (Å²) in [4.78, 5) is 15.8. The zero-order valence-corrected chi connectivity index (χ0v) is 14.5. The Balaban J connectivity index is 1.75. The molecule has 3 rings (SSSR count).